The molecule has 2 atom stereocenters. The summed E-state index contributed by atoms with van der Waals surface area (Å²) >= 11 is 0. The second-order valence-corrected chi connectivity index (χ2v) is 14.6. The topological polar surface area (TPSA) is 99.1 Å². The maximum atomic E-state index is 12.5. The lowest BCUT2D eigenvalue weighted by molar-refractivity contribution is -0.887. The molecule has 0 aliphatic carbocycles. The van der Waals surface area contributed by atoms with Crippen LogP contribution >= 0.6 is 0 Å². The van der Waals surface area contributed by atoms with E-state index in [1.165, 1.54) is 77.0 Å². The molecule has 0 spiro atoms. The second kappa shape index (κ2) is 35.1. The summed E-state index contributed by atoms with van der Waals surface area (Å²) in [6.45, 7) is 4.46. The van der Waals surface area contributed by atoms with E-state index in [4.69, 9.17) is 14.2 Å². The maximum absolute atomic E-state index is 12.5. The van der Waals surface area contributed by atoms with Crippen molar-refractivity contribution in [2.45, 2.75) is 161 Å². The van der Waals surface area contributed by atoms with Gasteiger partial charge in [0.1, 0.15) is 6.61 Å². The van der Waals surface area contributed by atoms with E-state index in [1.54, 1.807) is 6.08 Å². The number of quaternary nitrogens is 1. The first-order valence-corrected chi connectivity index (χ1v) is 20.3. The van der Waals surface area contributed by atoms with Crippen LogP contribution in [0.2, 0.25) is 0 Å². The number of carboxylic acid groups (broad SMARTS) is 1. The second-order valence-electron chi connectivity index (χ2n) is 14.6. The molecule has 1 N–H and O–H groups in total. The van der Waals surface area contributed by atoms with E-state index in [-0.39, 0.29) is 36.7 Å². The number of carbonyl (C=O) groups excluding carboxylic acids is 2. The Morgan fingerprint density at radius 1 is 0.635 bits per heavy atom. The fourth-order valence-corrected chi connectivity index (χ4v) is 5.56. The van der Waals surface area contributed by atoms with Crippen molar-refractivity contribution in [2.24, 2.45) is 0 Å². The number of carbonyl (C=O) groups is 3. The highest BCUT2D eigenvalue weighted by Crippen LogP contribution is 2.13. The molecule has 0 saturated heterocycles. The first-order chi connectivity index (χ1) is 25.1. The van der Waals surface area contributed by atoms with E-state index in [9.17, 15) is 19.5 Å². The largest absolute Gasteiger partial charge is 0.477 e. The molecule has 0 radical (unpaired) electrons. The number of likely N-dealkylation sites (N-methyl/N-ethyl adjacent to an activating group) is 1. The van der Waals surface area contributed by atoms with Crippen molar-refractivity contribution >= 4 is 17.9 Å². The van der Waals surface area contributed by atoms with Crippen LogP contribution in [0.4, 0.5) is 0 Å². The van der Waals surface area contributed by atoms with Crippen molar-refractivity contribution in [1.82, 2.24) is 0 Å². The Kier molecular flexibility index (Phi) is 33.1. The quantitative estimate of drug-likeness (QED) is 0.0228. The van der Waals surface area contributed by atoms with Crippen molar-refractivity contribution in [1.29, 1.82) is 0 Å². The highest BCUT2D eigenvalue weighted by molar-refractivity contribution is 5.72. The van der Waals surface area contributed by atoms with Gasteiger partial charge in [-0.3, -0.25) is 9.59 Å². The Balaban J connectivity index is 4.34. The third-order valence-corrected chi connectivity index (χ3v) is 8.71. The summed E-state index contributed by atoms with van der Waals surface area (Å²) in [4.78, 5) is 36.7. The molecule has 0 aliphatic rings. The Labute approximate surface area is 318 Å². The van der Waals surface area contributed by atoms with Gasteiger partial charge in [-0.1, -0.05) is 139 Å². The zero-order valence-electron chi connectivity index (χ0n) is 33.7. The molecular formula is C44H76NO7+. The van der Waals surface area contributed by atoms with E-state index >= 15 is 0 Å². The molecule has 8 heteroatoms. The number of rotatable bonds is 35. The van der Waals surface area contributed by atoms with Crippen molar-refractivity contribution in [3.63, 3.8) is 0 Å². The minimum absolute atomic E-state index is 0.0220. The smallest absolute Gasteiger partial charge is 0.362 e. The van der Waals surface area contributed by atoms with Crippen LogP contribution in [0, 0.1) is 0 Å². The fourth-order valence-electron chi connectivity index (χ4n) is 5.56. The highest BCUT2D eigenvalue weighted by Gasteiger charge is 2.31. The van der Waals surface area contributed by atoms with E-state index < -0.39 is 24.1 Å². The molecule has 0 aromatic carbocycles. The van der Waals surface area contributed by atoms with E-state index in [2.05, 4.69) is 62.5 Å². The lowest BCUT2D eigenvalue weighted by Gasteiger charge is -2.31. The van der Waals surface area contributed by atoms with Gasteiger partial charge in [-0.25, -0.2) is 4.79 Å². The molecule has 8 nitrogen and oxygen atoms in total. The van der Waals surface area contributed by atoms with Gasteiger partial charge >= 0.3 is 17.9 Å². The van der Waals surface area contributed by atoms with Gasteiger partial charge in [0.15, 0.2) is 12.1 Å². The third kappa shape index (κ3) is 32.9. The molecule has 0 aliphatic heterocycles. The van der Waals surface area contributed by atoms with Gasteiger partial charge in [0.05, 0.1) is 40.8 Å². The predicted octanol–water partition coefficient (Wildman–Crippen LogP) is 10.6. The van der Waals surface area contributed by atoms with Gasteiger partial charge in [0.25, 0.3) is 0 Å². The molecule has 0 saturated carbocycles. The summed E-state index contributed by atoms with van der Waals surface area (Å²) in [7, 11) is 5.48. The van der Waals surface area contributed by atoms with Crippen LogP contribution in [0.5, 0.6) is 0 Å². The van der Waals surface area contributed by atoms with Crippen molar-refractivity contribution in [3.8, 4) is 0 Å². The number of aliphatic carboxylic acids is 1. The van der Waals surface area contributed by atoms with Crippen LogP contribution in [0.15, 0.2) is 60.8 Å². The van der Waals surface area contributed by atoms with Crippen LogP contribution in [0.3, 0.4) is 0 Å². The summed E-state index contributed by atoms with van der Waals surface area (Å²) in [6.07, 6.45) is 41.6. The molecule has 298 valence electrons. The predicted molar refractivity (Wildman–Crippen MR) is 215 cm³/mol. The van der Waals surface area contributed by atoms with Gasteiger partial charge in [-0.2, -0.15) is 0 Å². The average Bonchev–Trinajstić information content (AvgIpc) is 3.09. The van der Waals surface area contributed by atoms with E-state index in [0.717, 1.165) is 38.5 Å². The summed E-state index contributed by atoms with van der Waals surface area (Å²) in [5, 5.41) is 9.58. The molecule has 0 rings (SSSR count). The maximum Gasteiger partial charge on any atom is 0.362 e. The third-order valence-electron chi connectivity index (χ3n) is 8.71. The summed E-state index contributed by atoms with van der Waals surface area (Å²) in [5.74, 6) is -1.63. The van der Waals surface area contributed by atoms with Crippen LogP contribution in [-0.4, -0.2) is 80.6 Å². The molecule has 52 heavy (non-hydrogen) atoms. The van der Waals surface area contributed by atoms with E-state index in [0.29, 0.717) is 12.8 Å². The van der Waals surface area contributed by atoms with Gasteiger partial charge in [-0.05, 0) is 51.4 Å². The highest BCUT2D eigenvalue weighted by atomic mass is 16.6. The first-order valence-electron chi connectivity index (χ1n) is 20.3. The lowest BCUT2D eigenvalue weighted by atomic mass is 10.1. The summed E-state index contributed by atoms with van der Waals surface area (Å²) in [6, 6.07) is -0.629. The van der Waals surface area contributed by atoms with Gasteiger partial charge < -0.3 is 23.8 Å². The minimum atomic E-state index is -0.891. The molecule has 0 heterocycles. The molecule has 2 unspecified atom stereocenters. The molecular weight excluding hydrogens is 654 g/mol. The minimum Gasteiger partial charge on any atom is -0.477 e. The number of unbranched alkanes of at least 4 members (excludes halogenated alkanes) is 13. The Morgan fingerprint density at radius 2 is 1.17 bits per heavy atom. The number of hydrogen-bond acceptors (Lipinski definition) is 6. The normalized spacial score (nSPS) is 13.6. The fraction of sp³-hybridized carbons (Fsp3) is 0.705. The zero-order chi connectivity index (χ0) is 38.5. The SMILES string of the molecule is CC/C=C/C/C=C/C/C=C/CC(=O)OC(COCCC(C(=O)O)[N+](C)(C)C)COC(=O)CCCCCCCCCCCC/C=C/C=C/CCCCC. The molecule has 0 aromatic rings. The average molecular weight is 731 g/mol. The number of allylic oxidation sites excluding steroid dienone is 9. The van der Waals surface area contributed by atoms with Crippen LogP contribution in [0.1, 0.15) is 149 Å². The molecule has 0 bridgehead atoms. The summed E-state index contributed by atoms with van der Waals surface area (Å²) < 4.78 is 17.1. The van der Waals surface area contributed by atoms with Crippen molar-refractivity contribution in [2.75, 3.05) is 41.0 Å². The first kappa shape index (κ1) is 49.0. The Bertz CT molecular complexity index is 1040. The zero-order valence-corrected chi connectivity index (χ0v) is 33.7. The van der Waals surface area contributed by atoms with Gasteiger partial charge in [0.2, 0.25) is 0 Å². The molecule has 0 aromatic heterocycles. The number of carboxylic acids is 1. The molecule has 0 amide bonds. The van der Waals surface area contributed by atoms with Gasteiger partial charge in [0, 0.05) is 12.8 Å². The Hall–Kier alpha value is -2.97. The standard InChI is InChI=1S/C44H75NO7/c1-6-8-10-12-14-16-17-18-19-20-21-22-23-24-25-27-28-30-32-34-42(46)51-39-40(38-50-37-36-41(44(48)49)45(3,4)5)52-43(47)35-33-31-29-26-15-13-11-9-7-2/h9,11,14-18,26,31,33,40-41H,6-8,10,12-13,19-25,27-30,32,34-39H2,1-5H3/p+1/b11-9+,16-14+,18-17+,26-15+,33-31+. The van der Waals surface area contributed by atoms with Gasteiger partial charge in [-0.15, -0.1) is 0 Å². The summed E-state index contributed by atoms with van der Waals surface area (Å²) in [5.41, 5.74) is 0. The van der Waals surface area contributed by atoms with Crippen LogP contribution < -0.4 is 0 Å². The van der Waals surface area contributed by atoms with Crippen LogP contribution in [0.25, 0.3) is 0 Å². The van der Waals surface area contributed by atoms with E-state index in [1.807, 2.05) is 27.2 Å². The number of ether oxygens (including phenoxy) is 3. The monoisotopic (exact) mass is 731 g/mol. The molecule has 0 fully saturated rings. The Morgan fingerprint density at radius 3 is 1.73 bits per heavy atom. The lowest BCUT2D eigenvalue weighted by Crippen LogP contribution is -2.50. The number of nitrogens with zero attached hydrogens (tertiary/aromatic N) is 1. The number of hydrogen-bond donors (Lipinski definition) is 1. The van der Waals surface area contributed by atoms with Crippen molar-refractivity contribution in [3.05, 3.63) is 60.8 Å². The van der Waals surface area contributed by atoms with Crippen LogP contribution in [-0.2, 0) is 28.6 Å². The number of esters is 2. The van der Waals surface area contributed by atoms with Crippen molar-refractivity contribution < 1.29 is 38.2 Å².